The van der Waals surface area contributed by atoms with Crippen molar-refractivity contribution in [1.82, 2.24) is 0 Å². The van der Waals surface area contributed by atoms with E-state index in [0.29, 0.717) is 17.9 Å². The molecule has 1 aromatic rings. The lowest BCUT2D eigenvalue weighted by atomic mass is 10.1. The van der Waals surface area contributed by atoms with Gasteiger partial charge in [0.1, 0.15) is 5.75 Å². The standard InChI is InChI=1S/C14H20O3.ClH/c1-3-4-5-6-9-17-12-8-7-11(2)13(10-12)14(15)16;/h7-8,10H,3-6,9H2,1-2H3,(H,15,16);1H. The average Bonchev–Trinajstić information content (AvgIpc) is 2.30. The number of benzene rings is 1. The van der Waals surface area contributed by atoms with Gasteiger partial charge in [0.2, 0.25) is 0 Å². The SMILES string of the molecule is CCCCCCOc1ccc(C)c(C(=O)O)c1.Cl. The molecule has 0 fully saturated rings. The van der Waals surface area contributed by atoms with Crippen LogP contribution in [0.5, 0.6) is 5.75 Å². The van der Waals surface area contributed by atoms with Crippen molar-refractivity contribution in [1.29, 1.82) is 0 Å². The summed E-state index contributed by atoms with van der Waals surface area (Å²) in [4.78, 5) is 10.9. The summed E-state index contributed by atoms with van der Waals surface area (Å²) in [6, 6.07) is 5.20. The Labute approximate surface area is 115 Å². The quantitative estimate of drug-likeness (QED) is 0.761. The number of unbranched alkanes of at least 4 members (excludes halogenated alkanes) is 3. The highest BCUT2D eigenvalue weighted by molar-refractivity contribution is 5.89. The van der Waals surface area contributed by atoms with Crippen LogP contribution in [-0.2, 0) is 0 Å². The zero-order chi connectivity index (χ0) is 12.7. The molecular weight excluding hydrogens is 252 g/mol. The van der Waals surface area contributed by atoms with Crippen molar-refractivity contribution < 1.29 is 14.6 Å². The second-order valence-corrected chi connectivity index (χ2v) is 4.19. The molecule has 0 aliphatic heterocycles. The summed E-state index contributed by atoms with van der Waals surface area (Å²) in [7, 11) is 0. The van der Waals surface area contributed by atoms with E-state index in [0.717, 1.165) is 18.4 Å². The second kappa shape index (κ2) is 8.81. The molecule has 0 saturated carbocycles. The van der Waals surface area contributed by atoms with E-state index in [4.69, 9.17) is 9.84 Å². The molecule has 0 radical (unpaired) electrons. The highest BCUT2D eigenvalue weighted by Gasteiger charge is 2.08. The Kier molecular flexibility index (Phi) is 8.21. The third-order valence-electron chi connectivity index (χ3n) is 2.71. The van der Waals surface area contributed by atoms with E-state index in [1.807, 2.05) is 6.07 Å². The van der Waals surface area contributed by atoms with Crippen molar-refractivity contribution in [2.75, 3.05) is 6.61 Å². The molecule has 0 aromatic heterocycles. The second-order valence-electron chi connectivity index (χ2n) is 4.19. The lowest BCUT2D eigenvalue weighted by molar-refractivity contribution is 0.0695. The minimum absolute atomic E-state index is 0. The van der Waals surface area contributed by atoms with Gasteiger partial charge in [0.25, 0.3) is 0 Å². The van der Waals surface area contributed by atoms with Crippen LogP contribution in [0.2, 0.25) is 0 Å². The summed E-state index contributed by atoms with van der Waals surface area (Å²) in [6.07, 6.45) is 4.60. The first-order valence-electron chi connectivity index (χ1n) is 6.12. The van der Waals surface area contributed by atoms with E-state index in [2.05, 4.69) is 6.92 Å². The third-order valence-corrected chi connectivity index (χ3v) is 2.71. The molecule has 1 N–H and O–H groups in total. The van der Waals surface area contributed by atoms with Gasteiger partial charge >= 0.3 is 5.97 Å². The van der Waals surface area contributed by atoms with Gasteiger partial charge in [-0.3, -0.25) is 0 Å². The van der Waals surface area contributed by atoms with Gasteiger partial charge in [0.15, 0.2) is 0 Å². The number of aromatic carboxylic acids is 1. The largest absolute Gasteiger partial charge is 0.494 e. The molecule has 0 heterocycles. The van der Waals surface area contributed by atoms with Crippen LogP contribution in [0.25, 0.3) is 0 Å². The number of rotatable bonds is 7. The molecule has 0 spiro atoms. The van der Waals surface area contributed by atoms with Crippen molar-refractivity contribution in [3.05, 3.63) is 29.3 Å². The van der Waals surface area contributed by atoms with Crippen LogP contribution >= 0.6 is 12.4 Å². The molecule has 1 rings (SSSR count). The van der Waals surface area contributed by atoms with E-state index >= 15 is 0 Å². The third kappa shape index (κ3) is 5.41. The maximum Gasteiger partial charge on any atom is 0.336 e. The first kappa shape index (κ1) is 16.8. The molecule has 0 aliphatic carbocycles. The smallest absolute Gasteiger partial charge is 0.336 e. The highest BCUT2D eigenvalue weighted by Crippen LogP contribution is 2.17. The van der Waals surface area contributed by atoms with Crippen LogP contribution in [0.3, 0.4) is 0 Å². The van der Waals surface area contributed by atoms with Crippen LogP contribution in [0.4, 0.5) is 0 Å². The lowest BCUT2D eigenvalue weighted by Crippen LogP contribution is -2.02. The topological polar surface area (TPSA) is 46.5 Å². The van der Waals surface area contributed by atoms with Gasteiger partial charge in [-0.05, 0) is 31.0 Å². The fourth-order valence-electron chi connectivity index (χ4n) is 1.64. The molecule has 4 heteroatoms. The molecule has 3 nitrogen and oxygen atoms in total. The number of hydrogen-bond acceptors (Lipinski definition) is 2. The molecule has 0 bridgehead atoms. The molecular formula is C14H21ClO3. The summed E-state index contributed by atoms with van der Waals surface area (Å²) in [5.74, 6) is -0.261. The predicted octanol–water partition coefficient (Wildman–Crippen LogP) is 4.07. The summed E-state index contributed by atoms with van der Waals surface area (Å²) in [5, 5.41) is 8.98. The molecule has 18 heavy (non-hydrogen) atoms. The number of ether oxygens (including phenoxy) is 1. The Morgan fingerprint density at radius 1 is 1.28 bits per heavy atom. The molecule has 0 aliphatic rings. The number of hydrogen-bond donors (Lipinski definition) is 1. The predicted molar refractivity (Wildman–Crippen MR) is 75.0 cm³/mol. The molecule has 0 saturated heterocycles. The van der Waals surface area contributed by atoms with Gasteiger partial charge in [0.05, 0.1) is 12.2 Å². The Hall–Kier alpha value is -1.22. The fraction of sp³-hybridized carbons (Fsp3) is 0.500. The average molecular weight is 273 g/mol. The molecule has 102 valence electrons. The van der Waals surface area contributed by atoms with Crippen LogP contribution in [0.1, 0.15) is 48.5 Å². The maximum atomic E-state index is 10.9. The van der Waals surface area contributed by atoms with Gasteiger partial charge in [0, 0.05) is 0 Å². The first-order valence-corrected chi connectivity index (χ1v) is 6.12. The van der Waals surface area contributed by atoms with Crippen molar-refractivity contribution in [3.8, 4) is 5.75 Å². The van der Waals surface area contributed by atoms with Gasteiger partial charge in [-0.2, -0.15) is 0 Å². The molecule has 0 unspecified atom stereocenters. The fourth-order valence-corrected chi connectivity index (χ4v) is 1.64. The highest BCUT2D eigenvalue weighted by atomic mass is 35.5. The lowest BCUT2D eigenvalue weighted by Gasteiger charge is -2.08. The normalized spacial score (nSPS) is 9.67. The first-order chi connectivity index (χ1) is 8.15. The van der Waals surface area contributed by atoms with Crippen LogP contribution < -0.4 is 4.74 Å². The minimum atomic E-state index is -0.904. The molecule has 1 aromatic carbocycles. The Bertz CT molecular complexity index is 377. The van der Waals surface area contributed by atoms with E-state index in [1.165, 1.54) is 12.8 Å². The van der Waals surface area contributed by atoms with Crippen molar-refractivity contribution in [2.45, 2.75) is 39.5 Å². The summed E-state index contributed by atoms with van der Waals surface area (Å²) in [6.45, 7) is 4.61. The number of carboxylic acid groups (broad SMARTS) is 1. The van der Waals surface area contributed by atoms with E-state index in [1.54, 1.807) is 19.1 Å². The Morgan fingerprint density at radius 3 is 2.61 bits per heavy atom. The monoisotopic (exact) mass is 272 g/mol. The molecule has 0 atom stereocenters. The summed E-state index contributed by atoms with van der Waals surface area (Å²) >= 11 is 0. The Morgan fingerprint density at radius 2 is 2.00 bits per heavy atom. The number of halogens is 1. The van der Waals surface area contributed by atoms with E-state index in [-0.39, 0.29) is 12.4 Å². The Balaban J connectivity index is 0.00000289. The zero-order valence-corrected chi connectivity index (χ0v) is 11.8. The minimum Gasteiger partial charge on any atom is -0.494 e. The summed E-state index contributed by atoms with van der Waals surface area (Å²) < 4.78 is 5.54. The van der Waals surface area contributed by atoms with Crippen LogP contribution in [0, 0.1) is 6.92 Å². The van der Waals surface area contributed by atoms with Crippen molar-refractivity contribution in [2.24, 2.45) is 0 Å². The van der Waals surface area contributed by atoms with Crippen molar-refractivity contribution in [3.63, 3.8) is 0 Å². The van der Waals surface area contributed by atoms with Gasteiger partial charge in [-0.15, -0.1) is 12.4 Å². The van der Waals surface area contributed by atoms with Gasteiger partial charge in [-0.1, -0.05) is 32.3 Å². The maximum absolute atomic E-state index is 10.9. The zero-order valence-electron chi connectivity index (χ0n) is 10.9. The van der Waals surface area contributed by atoms with Crippen molar-refractivity contribution >= 4 is 18.4 Å². The number of carbonyl (C=O) groups is 1. The van der Waals surface area contributed by atoms with E-state index < -0.39 is 5.97 Å². The van der Waals surface area contributed by atoms with Gasteiger partial charge in [-0.25, -0.2) is 4.79 Å². The summed E-state index contributed by atoms with van der Waals surface area (Å²) in [5.41, 5.74) is 1.08. The number of carboxylic acids is 1. The van der Waals surface area contributed by atoms with Crippen LogP contribution in [-0.4, -0.2) is 17.7 Å². The number of aryl methyl sites for hydroxylation is 1. The van der Waals surface area contributed by atoms with E-state index in [9.17, 15) is 4.79 Å². The molecule has 0 amide bonds. The van der Waals surface area contributed by atoms with Crippen LogP contribution in [0.15, 0.2) is 18.2 Å². The van der Waals surface area contributed by atoms with Gasteiger partial charge < -0.3 is 9.84 Å².